The Morgan fingerprint density at radius 3 is 2.53 bits per heavy atom. The molecule has 3 saturated carbocycles. The highest BCUT2D eigenvalue weighted by Crippen LogP contribution is 2.55. The molecule has 0 spiro atoms. The van der Waals surface area contributed by atoms with Gasteiger partial charge in [0.15, 0.2) is 0 Å². The van der Waals surface area contributed by atoms with Crippen LogP contribution in [0.1, 0.15) is 62.2 Å². The fourth-order valence-electron chi connectivity index (χ4n) is 6.90. The van der Waals surface area contributed by atoms with Crippen molar-refractivity contribution in [1.82, 2.24) is 10.6 Å². The van der Waals surface area contributed by atoms with E-state index in [0.717, 1.165) is 57.3 Å². The maximum absolute atomic E-state index is 13.1. The fourth-order valence-corrected chi connectivity index (χ4v) is 6.90. The van der Waals surface area contributed by atoms with Crippen molar-refractivity contribution in [1.29, 1.82) is 0 Å². The number of nitrogens with zero attached hydrogens (tertiary/aromatic N) is 1. The lowest BCUT2D eigenvalue weighted by atomic mass is 9.75. The number of aliphatic hydroxyl groups is 1. The summed E-state index contributed by atoms with van der Waals surface area (Å²) in [4.78, 5) is 26.6. The van der Waals surface area contributed by atoms with Gasteiger partial charge in [-0.2, -0.15) is 0 Å². The summed E-state index contributed by atoms with van der Waals surface area (Å²) in [7, 11) is 0. The highest BCUT2D eigenvalue weighted by molar-refractivity contribution is 5.95. The van der Waals surface area contributed by atoms with E-state index in [2.05, 4.69) is 15.5 Å². The van der Waals surface area contributed by atoms with Crippen molar-refractivity contribution in [3.8, 4) is 0 Å². The molecule has 6 unspecified atom stereocenters. The van der Waals surface area contributed by atoms with Crippen LogP contribution in [-0.2, 0) is 4.79 Å². The van der Waals surface area contributed by atoms with Crippen LogP contribution in [0.4, 0.5) is 5.69 Å². The molecule has 30 heavy (non-hydrogen) atoms. The Morgan fingerprint density at radius 1 is 1.07 bits per heavy atom. The van der Waals surface area contributed by atoms with Gasteiger partial charge in [-0.25, -0.2) is 0 Å². The number of hydrogen-bond acceptors (Lipinski definition) is 4. The summed E-state index contributed by atoms with van der Waals surface area (Å²) in [6, 6.07) is 8.09. The lowest BCUT2D eigenvalue weighted by Gasteiger charge is -2.39. The summed E-state index contributed by atoms with van der Waals surface area (Å²) >= 11 is 0. The Balaban J connectivity index is 1.23. The largest absolute Gasteiger partial charge is 0.393 e. The first-order valence-corrected chi connectivity index (χ1v) is 11.5. The van der Waals surface area contributed by atoms with Crippen LogP contribution >= 0.6 is 0 Å². The van der Waals surface area contributed by atoms with Crippen LogP contribution in [0.2, 0.25) is 0 Å². The van der Waals surface area contributed by atoms with Crippen LogP contribution in [0.5, 0.6) is 0 Å². The molecule has 6 heteroatoms. The van der Waals surface area contributed by atoms with Crippen LogP contribution in [0.15, 0.2) is 24.3 Å². The van der Waals surface area contributed by atoms with Crippen LogP contribution in [0.3, 0.4) is 0 Å². The van der Waals surface area contributed by atoms with Gasteiger partial charge in [-0.1, -0.05) is 0 Å². The van der Waals surface area contributed by atoms with Crippen molar-refractivity contribution < 1.29 is 14.7 Å². The average Bonchev–Trinajstić information content (AvgIpc) is 3.20. The van der Waals surface area contributed by atoms with Gasteiger partial charge in [0.05, 0.1) is 6.10 Å². The smallest absolute Gasteiger partial charge is 0.251 e. The predicted molar refractivity (Wildman–Crippen MR) is 115 cm³/mol. The molecule has 1 aliphatic heterocycles. The summed E-state index contributed by atoms with van der Waals surface area (Å²) < 4.78 is 0. The van der Waals surface area contributed by atoms with Crippen LogP contribution in [0, 0.1) is 17.8 Å². The summed E-state index contributed by atoms with van der Waals surface area (Å²) in [6.07, 6.45) is 6.93. The molecule has 4 fully saturated rings. The van der Waals surface area contributed by atoms with Gasteiger partial charge >= 0.3 is 0 Å². The quantitative estimate of drug-likeness (QED) is 0.711. The predicted octanol–water partition coefficient (Wildman–Crippen LogP) is 2.46. The molecular formula is C24H33N3O3. The summed E-state index contributed by atoms with van der Waals surface area (Å²) in [5.41, 5.74) is 1.74. The van der Waals surface area contributed by atoms with Gasteiger partial charge in [0.25, 0.3) is 5.91 Å². The Bertz CT molecular complexity index is 821. The first kappa shape index (κ1) is 19.9. The molecule has 0 radical (unpaired) electrons. The summed E-state index contributed by atoms with van der Waals surface area (Å²) in [5, 5.41) is 16.6. The Kier molecular flexibility index (Phi) is 5.00. The van der Waals surface area contributed by atoms with Gasteiger partial charge in [0.1, 0.15) is 0 Å². The molecular weight excluding hydrogens is 378 g/mol. The van der Waals surface area contributed by atoms with Crippen LogP contribution in [0.25, 0.3) is 0 Å². The minimum atomic E-state index is -0.153. The standard InChI is InChI=1S/C24H33N3O3/c1-15(28)25-20-6-7-27(14-20)21-4-2-17(3-5-21)23(30)26-24-11-16-8-18(12-24)19(13-24)10-22(29)9-16/h2-5,16,18-20,22,29H,6-14H2,1H3,(H,25,28)(H,26,30). The molecule has 1 saturated heterocycles. The number of hydrogen-bond donors (Lipinski definition) is 3. The van der Waals surface area contributed by atoms with E-state index in [1.165, 1.54) is 6.42 Å². The molecule has 2 amide bonds. The highest BCUT2D eigenvalue weighted by Gasteiger charge is 2.53. The van der Waals surface area contributed by atoms with E-state index in [4.69, 9.17) is 0 Å². The van der Waals surface area contributed by atoms with Crippen molar-refractivity contribution in [2.45, 2.75) is 69.6 Å². The van der Waals surface area contributed by atoms with Crippen molar-refractivity contribution in [2.75, 3.05) is 18.0 Å². The normalized spacial score (nSPS) is 37.1. The van der Waals surface area contributed by atoms with Gasteiger partial charge in [0, 0.05) is 42.8 Å². The maximum atomic E-state index is 13.1. The van der Waals surface area contributed by atoms with Crippen LogP contribution < -0.4 is 15.5 Å². The van der Waals surface area contributed by atoms with Crippen molar-refractivity contribution in [3.63, 3.8) is 0 Å². The number of carbonyl (C=O) groups is 2. The number of nitrogens with one attached hydrogen (secondary N) is 2. The minimum absolute atomic E-state index is 0.0174. The van der Waals surface area contributed by atoms with E-state index in [1.807, 2.05) is 24.3 Å². The molecule has 6 nitrogen and oxygen atoms in total. The lowest BCUT2D eigenvalue weighted by molar-refractivity contribution is -0.119. The second-order valence-electron chi connectivity index (χ2n) is 10.3. The van der Waals surface area contributed by atoms with E-state index in [-0.39, 0.29) is 29.5 Å². The van der Waals surface area contributed by atoms with Gasteiger partial charge in [-0.15, -0.1) is 0 Å². The molecule has 3 N–H and O–H groups in total. The third-order valence-electron chi connectivity index (χ3n) is 7.94. The minimum Gasteiger partial charge on any atom is -0.393 e. The molecule has 5 rings (SSSR count). The number of carbonyl (C=O) groups excluding carboxylic acids is 2. The molecule has 0 aromatic heterocycles. The second-order valence-corrected chi connectivity index (χ2v) is 10.3. The third-order valence-corrected chi connectivity index (χ3v) is 7.94. The number of anilines is 1. The van der Waals surface area contributed by atoms with Crippen molar-refractivity contribution in [2.24, 2.45) is 17.8 Å². The number of benzene rings is 1. The first-order valence-electron chi connectivity index (χ1n) is 11.5. The molecule has 3 bridgehead atoms. The maximum Gasteiger partial charge on any atom is 0.251 e. The zero-order valence-electron chi connectivity index (χ0n) is 17.8. The van der Waals surface area contributed by atoms with Gasteiger partial charge < -0.3 is 20.6 Å². The molecule has 6 atom stereocenters. The fraction of sp³-hybridized carbons (Fsp3) is 0.667. The van der Waals surface area contributed by atoms with E-state index < -0.39 is 0 Å². The summed E-state index contributed by atoms with van der Waals surface area (Å²) in [5.74, 6) is 1.81. The SMILES string of the molecule is CC(=O)NC1CCN(c2ccc(C(=O)NC34CC5CC(O)CC(C3)C(C5)C4)cc2)C1. The molecule has 1 aromatic rings. The van der Waals surface area contributed by atoms with Gasteiger partial charge in [-0.05, 0) is 87.0 Å². The van der Waals surface area contributed by atoms with Crippen molar-refractivity contribution >= 4 is 17.5 Å². The third kappa shape index (κ3) is 3.82. The van der Waals surface area contributed by atoms with Gasteiger partial charge in [-0.3, -0.25) is 9.59 Å². The van der Waals surface area contributed by atoms with E-state index in [9.17, 15) is 14.7 Å². The topological polar surface area (TPSA) is 81.7 Å². The highest BCUT2D eigenvalue weighted by atomic mass is 16.3. The summed E-state index contributed by atoms with van der Waals surface area (Å²) in [6.45, 7) is 3.28. The lowest BCUT2D eigenvalue weighted by Crippen LogP contribution is -2.50. The Morgan fingerprint density at radius 2 is 1.80 bits per heavy atom. The van der Waals surface area contributed by atoms with Crippen molar-refractivity contribution in [3.05, 3.63) is 29.8 Å². The number of fused-ring (bicyclic) bond motifs is 2. The first-order chi connectivity index (χ1) is 14.4. The van der Waals surface area contributed by atoms with E-state index in [1.54, 1.807) is 6.92 Å². The Hall–Kier alpha value is -2.08. The Labute approximate surface area is 178 Å². The zero-order valence-corrected chi connectivity index (χ0v) is 17.8. The molecule has 1 aromatic carbocycles. The van der Waals surface area contributed by atoms with Crippen LogP contribution in [-0.4, -0.2) is 47.7 Å². The van der Waals surface area contributed by atoms with E-state index in [0.29, 0.717) is 23.3 Å². The monoisotopic (exact) mass is 411 g/mol. The van der Waals surface area contributed by atoms with Gasteiger partial charge in [0.2, 0.25) is 5.91 Å². The molecule has 1 heterocycles. The van der Waals surface area contributed by atoms with E-state index >= 15 is 0 Å². The molecule has 4 aliphatic rings. The number of aliphatic hydroxyl groups excluding tert-OH is 1. The average molecular weight is 412 g/mol. The zero-order chi connectivity index (χ0) is 20.9. The molecule has 162 valence electrons. The molecule has 3 aliphatic carbocycles. The number of amides is 2. The number of rotatable bonds is 4. The second kappa shape index (κ2) is 7.56.